The van der Waals surface area contributed by atoms with Gasteiger partial charge in [-0.25, -0.2) is 0 Å². The highest BCUT2D eigenvalue weighted by molar-refractivity contribution is 5.32. The Morgan fingerprint density at radius 3 is 2.74 bits per heavy atom. The molecule has 0 aromatic heterocycles. The summed E-state index contributed by atoms with van der Waals surface area (Å²) in [4.78, 5) is 0. The van der Waals surface area contributed by atoms with E-state index in [0.29, 0.717) is 6.04 Å². The summed E-state index contributed by atoms with van der Waals surface area (Å²) in [6.07, 6.45) is 8.28. The molecule has 2 aliphatic rings. The molecule has 2 aliphatic carbocycles. The first kappa shape index (κ1) is 13.2. The van der Waals surface area contributed by atoms with Crippen LogP contribution in [0.4, 0.5) is 0 Å². The minimum absolute atomic E-state index is 0.698. The van der Waals surface area contributed by atoms with Crippen LogP contribution >= 0.6 is 0 Å². The molecule has 1 N–H and O–H groups in total. The molecule has 0 saturated heterocycles. The third-order valence-electron chi connectivity index (χ3n) is 5.40. The highest BCUT2D eigenvalue weighted by Gasteiger charge is 2.34. The Labute approximate surface area is 117 Å². The van der Waals surface area contributed by atoms with Crippen LogP contribution in [-0.4, -0.2) is 13.1 Å². The van der Waals surface area contributed by atoms with Crippen LogP contribution in [0.5, 0.6) is 0 Å². The van der Waals surface area contributed by atoms with Crippen LogP contribution in [0.3, 0.4) is 0 Å². The molecule has 0 radical (unpaired) electrons. The van der Waals surface area contributed by atoms with E-state index in [1.54, 1.807) is 11.1 Å². The first-order valence-electron chi connectivity index (χ1n) is 8.04. The zero-order chi connectivity index (χ0) is 13.2. The Morgan fingerprint density at radius 1 is 1.21 bits per heavy atom. The molecule has 1 aromatic carbocycles. The molecule has 0 heterocycles. The Morgan fingerprint density at radius 2 is 2.00 bits per heavy atom. The van der Waals surface area contributed by atoms with Crippen LogP contribution in [0, 0.1) is 11.8 Å². The lowest BCUT2D eigenvalue weighted by molar-refractivity contribution is 0.312. The molecule has 3 atom stereocenters. The van der Waals surface area contributed by atoms with Gasteiger partial charge in [0.15, 0.2) is 0 Å². The number of hydrogen-bond donors (Lipinski definition) is 1. The SMILES string of the molecule is CNC(CC1CCCc2ccccc21)C(C)C1CC1. The van der Waals surface area contributed by atoms with Crippen molar-refractivity contribution in [2.24, 2.45) is 11.8 Å². The third kappa shape index (κ3) is 2.86. The lowest BCUT2D eigenvalue weighted by Gasteiger charge is -2.31. The number of rotatable bonds is 5. The second kappa shape index (κ2) is 5.66. The van der Waals surface area contributed by atoms with Crippen LogP contribution in [0.25, 0.3) is 0 Å². The Bertz CT molecular complexity index is 421. The van der Waals surface area contributed by atoms with Gasteiger partial charge in [-0.3, -0.25) is 0 Å². The van der Waals surface area contributed by atoms with Gasteiger partial charge in [0.05, 0.1) is 0 Å². The van der Waals surface area contributed by atoms with Gasteiger partial charge in [-0.05, 0) is 74.5 Å². The molecule has 0 aliphatic heterocycles. The van der Waals surface area contributed by atoms with E-state index in [4.69, 9.17) is 0 Å². The smallest absolute Gasteiger partial charge is 0.00981 e. The van der Waals surface area contributed by atoms with E-state index in [1.807, 2.05) is 0 Å². The van der Waals surface area contributed by atoms with Crippen LogP contribution in [0.15, 0.2) is 24.3 Å². The zero-order valence-corrected chi connectivity index (χ0v) is 12.4. The monoisotopic (exact) mass is 257 g/mol. The Balaban J connectivity index is 1.72. The highest BCUT2D eigenvalue weighted by atomic mass is 14.9. The number of benzene rings is 1. The predicted octanol–water partition coefficient (Wildman–Crippen LogP) is 4.13. The van der Waals surface area contributed by atoms with E-state index >= 15 is 0 Å². The predicted molar refractivity (Wildman–Crippen MR) is 81.5 cm³/mol. The summed E-state index contributed by atoms with van der Waals surface area (Å²) < 4.78 is 0. The molecule has 0 spiro atoms. The maximum absolute atomic E-state index is 3.60. The second-order valence-electron chi connectivity index (χ2n) is 6.62. The Kier molecular flexibility index (Phi) is 3.93. The summed E-state index contributed by atoms with van der Waals surface area (Å²) in [6, 6.07) is 9.82. The normalized spacial score (nSPS) is 25.7. The van der Waals surface area contributed by atoms with Gasteiger partial charge in [0, 0.05) is 6.04 Å². The van der Waals surface area contributed by atoms with Gasteiger partial charge in [-0.2, -0.15) is 0 Å². The molecular weight excluding hydrogens is 230 g/mol. The fourth-order valence-corrected chi connectivity index (χ4v) is 3.95. The molecule has 1 saturated carbocycles. The number of fused-ring (bicyclic) bond motifs is 1. The van der Waals surface area contributed by atoms with Gasteiger partial charge >= 0.3 is 0 Å². The summed E-state index contributed by atoms with van der Waals surface area (Å²) >= 11 is 0. The molecule has 19 heavy (non-hydrogen) atoms. The molecule has 1 aromatic rings. The van der Waals surface area contributed by atoms with Crippen molar-refractivity contribution in [2.45, 2.75) is 57.4 Å². The van der Waals surface area contributed by atoms with E-state index in [1.165, 1.54) is 38.5 Å². The largest absolute Gasteiger partial charge is 0.317 e. The fourth-order valence-electron chi connectivity index (χ4n) is 3.95. The molecule has 3 rings (SSSR count). The van der Waals surface area contributed by atoms with Crippen LogP contribution < -0.4 is 5.32 Å². The van der Waals surface area contributed by atoms with Gasteiger partial charge in [0.2, 0.25) is 0 Å². The quantitative estimate of drug-likeness (QED) is 0.836. The van der Waals surface area contributed by atoms with Crippen molar-refractivity contribution in [3.05, 3.63) is 35.4 Å². The van der Waals surface area contributed by atoms with Crippen LogP contribution in [-0.2, 0) is 6.42 Å². The van der Waals surface area contributed by atoms with E-state index in [2.05, 4.69) is 43.6 Å². The van der Waals surface area contributed by atoms with Crippen LogP contribution in [0.1, 0.15) is 56.1 Å². The first-order chi connectivity index (χ1) is 9.29. The molecule has 1 nitrogen and oxygen atoms in total. The van der Waals surface area contributed by atoms with Crippen molar-refractivity contribution in [1.29, 1.82) is 0 Å². The minimum atomic E-state index is 0.698. The van der Waals surface area contributed by atoms with Crippen molar-refractivity contribution in [2.75, 3.05) is 7.05 Å². The topological polar surface area (TPSA) is 12.0 Å². The van der Waals surface area contributed by atoms with Crippen molar-refractivity contribution in [3.8, 4) is 0 Å². The Hall–Kier alpha value is -0.820. The van der Waals surface area contributed by atoms with Gasteiger partial charge < -0.3 is 5.32 Å². The number of hydrogen-bond acceptors (Lipinski definition) is 1. The molecule has 1 heteroatoms. The molecule has 0 bridgehead atoms. The summed E-state index contributed by atoms with van der Waals surface area (Å²) in [7, 11) is 2.15. The van der Waals surface area contributed by atoms with Crippen molar-refractivity contribution < 1.29 is 0 Å². The minimum Gasteiger partial charge on any atom is -0.317 e. The molecule has 104 valence electrons. The van der Waals surface area contributed by atoms with E-state index < -0.39 is 0 Å². The average Bonchev–Trinajstić information content (AvgIpc) is 3.28. The molecule has 3 unspecified atom stereocenters. The maximum Gasteiger partial charge on any atom is 0.00981 e. The number of nitrogens with one attached hydrogen (secondary N) is 1. The van der Waals surface area contributed by atoms with Gasteiger partial charge in [0.1, 0.15) is 0 Å². The van der Waals surface area contributed by atoms with E-state index in [0.717, 1.165) is 17.8 Å². The van der Waals surface area contributed by atoms with Crippen LogP contribution in [0.2, 0.25) is 0 Å². The average molecular weight is 257 g/mol. The highest BCUT2D eigenvalue weighted by Crippen LogP contribution is 2.42. The third-order valence-corrected chi connectivity index (χ3v) is 5.40. The molecule has 0 amide bonds. The second-order valence-corrected chi connectivity index (χ2v) is 6.62. The van der Waals surface area contributed by atoms with Crippen molar-refractivity contribution in [1.82, 2.24) is 5.32 Å². The van der Waals surface area contributed by atoms with E-state index in [9.17, 15) is 0 Å². The summed E-state index contributed by atoms with van der Waals surface area (Å²) in [6.45, 7) is 2.45. The summed E-state index contributed by atoms with van der Waals surface area (Å²) in [5.41, 5.74) is 3.24. The molecular formula is C18H27N. The van der Waals surface area contributed by atoms with Gasteiger partial charge in [-0.1, -0.05) is 31.2 Å². The van der Waals surface area contributed by atoms with Gasteiger partial charge in [0.25, 0.3) is 0 Å². The lowest BCUT2D eigenvalue weighted by Crippen LogP contribution is -2.35. The number of aryl methyl sites for hydroxylation is 1. The van der Waals surface area contributed by atoms with E-state index in [-0.39, 0.29) is 0 Å². The first-order valence-corrected chi connectivity index (χ1v) is 8.04. The molecule has 1 fully saturated rings. The van der Waals surface area contributed by atoms with Crippen molar-refractivity contribution >= 4 is 0 Å². The fraction of sp³-hybridized carbons (Fsp3) is 0.667. The maximum atomic E-state index is 3.60. The van der Waals surface area contributed by atoms with Crippen molar-refractivity contribution in [3.63, 3.8) is 0 Å². The lowest BCUT2D eigenvalue weighted by atomic mass is 9.77. The zero-order valence-electron chi connectivity index (χ0n) is 12.4. The standard InChI is InChI=1S/C18H27N/c1-13(14-10-11-14)18(19-2)12-16-8-5-7-15-6-3-4-9-17(15)16/h3-4,6,9,13-14,16,18-19H,5,7-8,10-12H2,1-2H3. The summed E-state index contributed by atoms with van der Waals surface area (Å²) in [5, 5.41) is 3.60. The van der Waals surface area contributed by atoms with Gasteiger partial charge in [-0.15, -0.1) is 0 Å². The summed E-state index contributed by atoms with van der Waals surface area (Å²) in [5.74, 6) is 2.62.